The fourth-order valence-electron chi connectivity index (χ4n) is 0.541. The van der Waals surface area contributed by atoms with Crippen molar-refractivity contribution in [3.8, 4) is 0 Å². The van der Waals surface area contributed by atoms with Gasteiger partial charge in [0.1, 0.15) is 19.3 Å². The molecule has 102 valence electrons. The summed E-state index contributed by atoms with van der Waals surface area (Å²) in [7, 11) is 6.03. The Morgan fingerprint density at radius 1 is 1.29 bits per heavy atom. The monoisotopic (exact) mass is 250 g/mol. The Bertz CT molecular complexity index is 233. The normalized spacial score (nSPS) is 12.1. The highest BCUT2D eigenvalue weighted by Crippen LogP contribution is 1.91. The minimum atomic E-state index is -1.02. The number of carboxylic acid groups (broad SMARTS) is 1. The van der Waals surface area contributed by atoms with Crippen LogP contribution in [-0.4, -0.2) is 67.0 Å². The average molecular weight is 250 g/mol. The maximum absolute atomic E-state index is 10.7. The number of carboxylic acids is 1. The molecule has 0 aliphatic carbocycles. The van der Waals surface area contributed by atoms with Crippen molar-refractivity contribution in [2.24, 2.45) is 0 Å². The smallest absolute Gasteiger partial charge is 0.334 e. The number of likely N-dealkylation sites (N-methyl/N-ethyl adjacent to an activating group) is 1. The van der Waals surface area contributed by atoms with Gasteiger partial charge in [-0.3, -0.25) is 4.79 Å². The Hall–Kier alpha value is -1.14. The molecule has 6 heteroatoms. The van der Waals surface area contributed by atoms with Crippen molar-refractivity contribution in [1.29, 1.82) is 0 Å². The van der Waals surface area contributed by atoms with Crippen LogP contribution in [0.1, 0.15) is 20.3 Å². The number of aliphatic carboxylic acids is 1. The van der Waals surface area contributed by atoms with Crippen LogP contribution in [0.3, 0.4) is 0 Å². The lowest BCUT2D eigenvalue weighted by Gasteiger charge is -2.23. The van der Waals surface area contributed by atoms with E-state index in [0.717, 1.165) is 11.0 Å². The van der Waals surface area contributed by atoms with Crippen molar-refractivity contribution in [2.45, 2.75) is 26.4 Å². The van der Waals surface area contributed by atoms with Crippen LogP contribution in [0.25, 0.3) is 0 Å². The molecular formula is C11H24NO5+. The molecule has 0 amide bonds. The summed E-state index contributed by atoms with van der Waals surface area (Å²) in [6.07, 6.45) is -0.794. The lowest BCUT2D eigenvalue weighted by atomic mass is 10.4. The molecular weight excluding hydrogens is 226 g/mol. The van der Waals surface area contributed by atoms with E-state index >= 15 is 0 Å². The minimum absolute atomic E-state index is 0.222. The Balaban J connectivity index is 0. The second-order valence-corrected chi connectivity index (χ2v) is 4.60. The molecule has 0 aromatic heterocycles. The molecule has 6 nitrogen and oxygen atoms in total. The number of aliphatic hydroxyl groups excluding tert-OH is 1. The number of hydrogen-bond acceptors (Lipinski definition) is 4. The van der Waals surface area contributed by atoms with E-state index in [-0.39, 0.29) is 6.42 Å². The molecule has 2 N–H and O–H groups in total. The summed E-state index contributed by atoms with van der Waals surface area (Å²) in [6.45, 7) is 4.10. The standard InChI is InChI=1S/C8H18NO3.C3H6O2/c1-7(10)8(11)12-6-5-9(2,3)4;1-2-3(4)5/h7,10H,5-6H2,1-4H3;2H2,1H3,(H,4,5)/q+1;. The zero-order valence-electron chi connectivity index (χ0n) is 11.3. The molecule has 0 fully saturated rings. The summed E-state index contributed by atoms with van der Waals surface area (Å²) in [6, 6.07) is 0. The van der Waals surface area contributed by atoms with E-state index in [2.05, 4.69) is 0 Å². The van der Waals surface area contributed by atoms with Crippen LogP contribution in [0.4, 0.5) is 0 Å². The van der Waals surface area contributed by atoms with Crippen molar-refractivity contribution in [3.63, 3.8) is 0 Å². The number of nitrogens with zero attached hydrogens (tertiary/aromatic N) is 1. The van der Waals surface area contributed by atoms with Gasteiger partial charge < -0.3 is 19.4 Å². The number of carbonyl (C=O) groups excluding carboxylic acids is 1. The summed E-state index contributed by atoms with van der Waals surface area (Å²) >= 11 is 0. The van der Waals surface area contributed by atoms with Gasteiger partial charge in [0.2, 0.25) is 0 Å². The number of carbonyl (C=O) groups is 2. The summed E-state index contributed by atoms with van der Waals surface area (Å²) in [4.78, 5) is 20.1. The van der Waals surface area contributed by atoms with E-state index < -0.39 is 18.0 Å². The third kappa shape index (κ3) is 17.5. The van der Waals surface area contributed by atoms with E-state index in [4.69, 9.17) is 14.9 Å². The Kier molecular flexibility index (Phi) is 9.60. The molecule has 0 aromatic rings. The molecule has 0 saturated carbocycles. The minimum Gasteiger partial charge on any atom is -0.481 e. The maximum atomic E-state index is 10.7. The van der Waals surface area contributed by atoms with Gasteiger partial charge in [0.15, 0.2) is 0 Å². The number of aliphatic hydroxyl groups is 1. The van der Waals surface area contributed by atoms with Crippen molar-refractivity contribution in [1.82, 2.24) is 0 Å². The van der Waals surface area contributed by atoms with Gasteiger partial charge in [-0.25, -0.2) is 4.79 Å². The van der Waals surface area contributed by atoms with Crippen molar-refractivity contribution < 1.29 is 29.0 Å². The molecule has 1 unspecified atom stereocenters. The first-order chi connectivity index (χ1) is 7.60. The molecule has 0 aliphatic rings. The van der Waals surface area contributed by atoms with Crippen LogP contribution in [0.15, 0.2) is 0 Å². The zero-order chi connectivity index (χ0) is 14.1. The third-order valence-electron chi connectivity index (χ3n) is 1.65. The van der Waals surface area contributed by atoms with E-state index in [1.165, 1.54) is 6.92 Å². The first-order valence-corrected chi connectivity index (χ1v) is 5.47. The fraction of sp³-hybridized carbons (Fsp3) is 0.818. The van der Waals surface area contributed by atoms with Crippen molar-refractivity contribution >= 4 is 11.9 Å². The molecule has 0 saturated heterocycles. The average Bonchev–Trinajstić information content (AvgIpc) is 2.16. The van der Waals surface area contributed by atoms with Gasteiger partial charge in [0, 0.05) is 6.42 Å². The Morgan fingerprint density at radius 2 is 1.71 bits per heavy atom. The van der Waals surface area contributed by atoms with Crippen molar-refractivity contribution in [3.05, 3.63) is 0 Å². The lowest BCUT2D eigenvalue weighted by Crippen LogP contribution is -2.38. The Labute approximate surface area is 102 Å². The van der Waals surface area contributed by atoms with Gasteiger partial charge in [0.25, 0.3) is 0 Å². The quantitative estimate of drug-likeness (QED) is 0.534. The lowest BCUT2D eigenvalue weighted by molar-refractivity contribution is -0.870. The molecule has 0 spiro atoms. The van der Waals surface area contributed by atoms with E-state index in [1.54, 1.807) is 6.92 Å². The van der Waals surface area contributed by atoms with Crippen LogP contribution < -0.4 is 0 Å². The molecule has 0 radical (unpaired) electrons. The predicted molar refractivity (Wildman–Crippen MR) is 63.5 cm³/mol. The highest BCUT2D eigenvalue weighted by molar-refractivity contribution is 5.73. The highest BCUT2D eigenvalue weighted by atomic mass is 16.5. The van der Waals surface area contributed by atoms with Gasteiger partial charge in [-0.05, 0) is 6.92 Å². The number of ether oxygens (including phenoxy) is 1. The number of rotatable bonds is 5. The Morgan fingerprint density at radius 3 is 1.94 bits per heavy atom. The summed E-state index contributed by atoms with van der Waals surface area (Å²) in [5, 5.41) is 16.5. The van der Waals surface area contributed by atoms with Gasteiger partial charge in [-0.15, -0.1) is 0 Å². The topological polar surface area (TPSA) is 83.8 Å². The first-order valence-electron chi connectivity index (χ1n) is 5.47. The van der Waals surface area contributed by atoms with Gasteiger partial charge >= 0.3 is 11.9 Å². The first kappa shape index (κ1) is 18.2. The van der Waals surface area contributed by atoms with E-state index in [1.807, 2.05) is 21.1 Å². The molecule has 0 heterocycles. The predicted octanol–water partition coefficient (Wildman–Crippen LogP) is 0.0976. The molecule has 0 aromatic carbocycles. The number of hydrogen-bond donors (Lipinski definition) is 2. The summed E-state index contributed by atoms with van der Waals surface area (Å²) in [5.74, 6) is -1.30. The van der Waals surface area contributed by atoms with Crippen LogP contribution in [0.2, 0.25) is 0 Å². The third-order valence-corrected chi connectivity index (χ3v) is 1.65. The maximum Gasteiger partial charge on any atom is 0.334 e. The second kappa shape index (κ2) is 8.95. The molecule has 0 bridgehead atoms. The number of esters is 1. The second-order valence-electron chi connectivity index (χ2n) is 4.60. The molecule has 17 heavy (non-hydrogen) atoms. The SMILES string of the molecule is CC(O)C(=O)OCC[N+](C)(C)C.CCC(=O)O. The molecule has 1 atom stereocenters. The highest BCUT2D eigenvalue weighted by Gasteiger charge is 2.12. The molecule has 0 aliphatic heterocycles. The van der Waals surface area contributed by atoms with Crippen LogP contribution in [0.5, 0.6) is 0 Å². The van der Waals surface area contributed by atoms with Crippen LogP contribution in [-0.2, 0) is 14.3 Å². The molecule has 0 rings (SSSR count). The van der Waals surface area contributed by atoms with Crippen LogP contribution >= 0.6 is 0 Å². The van der Waals surface area contributed by atoms with Gasteiger partial charge in [0.05, 0.1) is 21.1 Å². The number of quaternary nitrogens is 1. The van der Waals surface area contributed by atoms with Crippen LogP contribution in [0, 0.1) is 0 Å². The van der Waals surface area contributed by atoms with E-state index in [9.17, 15) is 9.59 Å². The summed E-state index contributed by atoms with van der Waals surface area (Å²) < 4.78 is 5.52. The summed E-state index contributed by atoms with van der Waals surface area (Å²) in [5.41, 5.74) is 0. The zero-order valence-corrected chi connectivity index (χ0v) is 11.3. The van der Waals surface area contributed by atoms with Gasteiger partial charge in [-0.2, -0.15) is 0 Å². The fourth-order valence-corrected chi connectivity index (χ4v) is 0.541. The van der Waals surface area contributed by atoms with Gasteiger partial charge in [-0.1, -0.05) is 6.92 Å². The van der Waals surface area contributed by atoms with Crippen molar-refractivity contribution in [2.75, 3.05) is 34.3 Å². The largest absolute Gasteiger partial charge is 0.481 e. The van der Waals surface area contributed by atoms with E-state index in [0.29, 0.717) is 6.61 Å².